The van der Waals surface area contributed by atoms with E-state index in [1.165, 1.54) is 0 Å². The molecule has 1 fully saturated rings. The molecule has 0 bridgehead atoms. The van der Waals surface area contributed by atoms with Crippen LogP contribution in [-0.2, 0) is 4.74 Å². The van der Waals surface area contributed by atoms with Crippen LogP contribution in [0, 0.1) is 3.57 Å². The molecule has 1 aliphatic heterocycles. The van der Waals surface area contributed by atoms with Gasteiger partial charge in [-0.2, -0.15) is 0 Å². The van der Waals surface area contributed by atoms with Crippen LogP contribution in [0.3, 0.4) is 0 Å². The average Bonchev–Trinajstić information content (AvgIpc) is 2.39. The van der Waals surface area contributed by atoms with Crippen molar-refractivity contribution in [2.45, 2.75) is 19.4 Å². The summed E-state index contributed by atoms with van der Waals surface area (Å²) in [5.41, 5.74) is 0.766. The molecule has 0 aromatic heterocycles. The van der Waals surface area contributed by atoms with Gasteiger partial charge in [0.1, 0.15) is 0 Å². The van der Waals surface area contributed by atoms with Crippen LogP contribution in [0.1, 0.15) is 23.7 Å². The first kappa shape index (κ1) is 12.8. The van der Waals surface area contributed by atoms with Gasteiger partial charge in [-0.15, -0.1) is 0 Å². The molecule has 2 rings (SSSR count). The molecule has 1 saturated heterocycles. The van der Waals surface area contributed by atoms with Gasteiger partial charge in [-0.1, -0.05) is 6.92 Å². The largest absolute Gasteiger partial charge is 0.375 e. The lowest BCUT2D eigenvalue weighted by Gasteiger charge is -2.32. The van der Waals surface area contributed by atoms with Crippen LogP contribution in [0.25, 0.3) is 0 Å². The first-order chi connectivity index (χ1) is 8.20. The number of rotatable bonds is 2. The summed E-state index contributed by atoms with van der Waals surface area (Å²) in [4.78, 5) is 14.1. The first-order valence-corrected chi connectivity index (χ1v) is 6.95. The van der Waals surface area contributed by atoms with Crippen LogP contribution in [0.15, 0.2) is 24.3 Å². The Morgan fingerprint density at radius 3 is 2.82 bits per heavy atom. The summed E-state index contributed by atoms with van der Waals surface area (Å²) in [7, 11) is 0. The van der Waals surface area contributed by atoms with Gasteiger partial charge in [0, 0.05) is 22.2 Å². The smallest absolute Gasteiger partial charge is 0.254 e. The number of hydrogen-bond acceptors (Lipinski definition) is 2. The SMILES string of the molecule is CCC1CN(C(=O)c2ccc(I)cc2)CCO1. The maximum Gasteiger partial charge on any atom is 0.254 e. The Kier molecular flexibility index (Phi) is 4.39. The van der Waals surface area contributed by atoms with Crippen LogP contribution < -0.4 is 0 Å². The maximum absolute atomic E-state index is 12.2. The van der Waals surface area contributed by atoms with Gasteiger partial charge in [-0.3, -0.25) is 4.79 Å². The number of ether oxygens (including phenoxy) is 1. The molecule has 1 aromatic rings. The Morgan fingerprint density at radius 2 is 2.18 bits per heavy atom. The van der Waals surface area contributed by atoms with Crippen molar-refractivity contribution in [1.29, 1.82) is 0 Å². The van der Waals surface area contributed by atoms with Gasteiger partial charge < -0.3 is 9.64 Å². The Morgan fingerprint density at radius 1 is 1.47 bits per heavy atom. The quantitative estimate of drug-likeness (QED) is 0.771. The van der Waals surface area contributed by atoms with Crippen molar-refractivity contribution in [1.82, 2.24) is 4.90 Å². The van der Waals surface area contributed by atoms with E-state index in [2.05, 4.69) is 29.5 Å². The molecule has 1 atom stereocenters. The molecule has 0 radical (unpaired) electrons. The van der Waals surface area contributed by atoms with E-state index in [1.54, 1.807) is 0 Å². The van der Waals surface area contributed by atoms with Crippen LogP contribution >= 0.6 is 22.6 Å². The second-order valence-corrected chi connectivity index (χ2v) is 5.40. The summed E-state index contributed by atoms with van der Waals surface area (Å²) >= 11 is 2.24. The highest BCUT2D eigenvalue weighted by Gasteiger charge is 2.23. The molecular formula is C13H16INO2. The van der Waals surface area contributed by atoms with Crippen molar-refractivity contribution in [3.8, 4) is 0 Å². The Hall–Kier alpha value is -0.620. The van der Waals surface area contributed by atoms with E-state index in [4.69, 9.17) is 4.74 Å². The van der Waals surface area contributed by atoms with E-state index >= 15 is 0 Å². The van der Waals surface area contributed by atoms with Crippen molar-refractivity contribution in [2.75, 3.05) is 19.7 Å². The summed E-state index contributed by atoms with van der Waals surface area (Å²) in [6.45, 7) is 4.14. The molecule has 92 valence electrons. The lowest BCUT2D eigenvalue weighted by Crippen LogP contribution is -2.45. The number of halogens is 1. The molecule has 0 N–H and O–H groups in total. The summed E-state index contributed by atoms with van der Waals surface area (Å²) in [5, 5.41) is 0. The standard InChI is InChI=1S/C13H16INO2/c1-2-12-9-15(7-8-17-12)13(16)10-3-5-11(14)6-4-10/h3-6,12H,2,7-9H2,1H3. The number of nitrogens with zero attached hydrogens (tertiary/aromatic N) is 1. The number of amides is 1. The topological polar surface area (TPSA) is 29.5 Å². The fourth-order valence-electron chi connectivity index (χ4n) is 1.93. The molecule has 1 aliphatic rings. The summed E-state index contributed by atoms with van der Waals surface area (Å²) in [5.74, 6) is 0.114. The second kappa shape index (κ2) is 5.82. The zero-order valence-electron chi connectivity index (χ0n) is 9.86. The van der Waals surface area contributed by atoms with Gasteiger partial charge in [-0.05, 0) is 53.3 Å². The lowest BCUT2D eigenvalue weighted by atomic mass is 10.1. The molecule has 4 heteroatoms. The minimum absolute atomic E-state index is 0.114. The Bertz CT molecular complexity index is 391. The lowest BCUT2D eigenvalue weighted by molar-refractivity contribution is -0.0226. The van der Waals surface area contributed by atoms with Gasteiger partial charge in [0.15, 0.2) is 0 Å². The molecule has 0 saturated carbocycles. The van der Waals surface area contributed by atoms with Crippen molar-refractivity contribution in [3.63, 3.8) is 0 Å². The van der Waals surface area contributed by atoms with Crippen LogP contribution in [0.4, 0.5) is 0 Å². The minimum atomic E-state index is 0.114. The highest BCUT2D eigenvalue weighted by molar-refractivity contribution is 14.1. The molecule has 0 aliphatic carbocycles. The maximum atomic E-state index is 12.2. The molecular weight excluding hydrogens is 329 g/mol. The van der Waals surface area contributed by atoms with Crippen LogP contribution in [-0.4, -0.2) is 36.6 Å². The number of morpholine rings is 1. The molecule has 3 nitrogen and oxygen atoms in total. The van der Waals surface area contributed by atoms with Crippen LogP contribution in [0.5, 0.6) is 0 Å². The molecule has 1 amide bonds. The van der Waals surface area contributed by atoms with Crippen molar-refractivity contribution in [3.05, 3.63) is 33.4 Å². The molecule has 1 aromatic carbocycles. The van der Waals surface area contributed by atoms with Crippen molar-refractivity contribution in [2.24, 2.45) is 0 Å². The van der Waals surface area contributed by atoms with E-state index in [0.717, 1.165) is 15.6 Å². The monoisotopic (exact) mass is 345 g/mol. The third-order valence-corrected chi connectivity index (χ3v) is 3.69. The number of hydrogen-bond donors (Lipinski definition) is 0. The first-order valence-electron chi connectivity index (χ1n) is 5.87. The minimum Gasteiger partial charge on any atom is -0.375 e. The zero-order valence-corrected chi connectivity index (χ0v) is 12.0. The normalized spacial score (nSPS) is 20.4. The van der Waals surface area contributed by atoms with E-state index in [1.807, 2.05) is 29.2 Å². The van der Waals surface area contributed by atoms with Gasteiger partial charge in [0.05, 0.1) is 12.7 Å². The Labute approximate surface area is 115 Å². The average molecular weight is 345 g/mol. The number of carbonyl (C=O) groups excluding carboxylic acids is 1. The summed E-state index contributed by atoms with van der Waals surface area (Å²) in [6.07, 6.45) is 1.15. The summed E-state index contributed by atoms with van der Waals surface area (Å²) < 4.78 is 6.71. The van der Waals surface area contributed by atoms with E-state index in [0.29, 0.717) is 19.7 Å². The number of carbonyl (C=O) groups is 1. The van der Waals surface area contributed by atoms with Gasteiger partial charge in [-0.25, -0.2) is 0 Å². The van der Waals surface area contributed by atoms with E-state index in [9.17, 15) is 4.79 Å². The predicted molar refractivity (Wildman–Crippen MR) is 75.1 cm³/mol. The fraction of sp³-hybridized carbons (Fsp3) is 0.462. The van der Waals surface area contributed by atoms with E-state index < -0.39 is 0 Å². The number of benzene rings is 1. The van der Waals surface area contributed by atoms with Gasteiger partial charge in [0.25, 0.3) is 5.91 Å². The third kappa shape index (κ3) is 3.19. The second-order valence-electron chi connectivity index (χ2n) is 4.16. The van der Waals surface area contributed by atoms with Gasteiger partial charge >= 0.3 is 0 Å². The predicted octanol–water partition coefficient (Wildman–Crippen LogP) is 2.54. The third-order valence-electron chi connectivity index (χ3n) is 2.97. The van der Waals surface area contributed by atoms with Crippen LogP contribution in [0.2, 0.25) is 0 Å². The Balaban J connectivity index is 2.06. The molecule has 1 unspecified atom stereocenters. The zero-order chi connectivity index (χ0) is 12.3. The van der Waals surface area contributed by atoms with E-state index in [-0.39, 0.29) is 12.0 Å². The highest BCUT2D eigenvalue weighted by Crippen LogP contribution is 2.13. The molecule has 0 spiro atoms. The van der Waals surface area contributed by atoms with Crippen molar-refractivity contribution >= 4 is 28.5 Å². The highest BCUT2D eigenvalue weighted by atomic mass is 127. The summed E-state index contributed by atoms with van der Waals surface area (Å²) in [6, 6.07) is 7.71. The fourth-order valence-corrected chi connectivity index (χ4v) is 2.29. The molecule has 17 heavy (non-hydrogen) atoms. The molecule has 1 heterocycles. The van der Waals surface area contributed by atoms with Crippen molar-refractivity contribution < 1.29 is 9.53 Å². The van der Waals surface area contributed by atoms with Gasteiger partial charge in [0.2, 0.25) is 0 Å².